The first kappa shape index (κ1) is 19.1. The number of methoxy groups -OCH3 is 1. The molecule has 0 saturated carbocycles. The average molecular weight is 391 g/mol. The number of anilines is 1. The van der Waals surface area contributed by atoms with Crippen molar-refractivity contribution in [2.24, 2.45) is 0 Å². The van der Waals surface area contributed by atoms with Crippen molar-refractivity contribution in [3.8, 4) is 5.75 Å². The molecule has 7 nitrogen and oxygen atoms in total. The van der Waals surface area contributed by atoms with Crippen LogP contribution in [0.15, 0.2) is 61.1 Å². The zero-order chi connectivity index (χ0) is 20.1. The van der Waals surface area contributed by atoms with Gasteiger partial charge in [0.2, 0.25) is 0 Å². The van der Waals surface area contributed by atoms with Gasteiger partial charge in [-0.1, -0.05) is 12.1 Å². The van der Waals surface area contributed by atoms with E-state index in [0.29, 0.717) is 17.1 Å². The van der Waals surface area contributed by atoms with Crippen LogP contribution in [0.4, 0.5) is 5.82 Å². The van der Waals surface area contributed by atoms with Crippen molar-refractivity contribution in [3.05, 3.63) is 72.2 Å². The van der Waals surface area contributed by atoms with E-state index in [1.807, 2.05) is 35.3 Å². The van der Waals surface area contributed by atoms with E-state index in [1.54, 1.807) is 25.4 Å². The zero-order valence-corrected chi connectivity index (χ0v) is 16.5. The van der Waals surface area contributed by atoms with Crippen molar-refractivity contribution in [2.75, 3.05) is 25.5 Å². The van der Waals surface area contributed by atoms with Gasteiger partial charge < -0.3 is 10.1 Å². The van der Waals surface area contributed by atoms with Crippen molar-refractivity contribution in [1.82, 2.24) is 19.7 Å². The summed E-state index contributed by atoms with van der Waals surface area (Å²) in [6.45, 7) is 2.92. The Hall–Kier alpha value is -3.19. The molecule has 0 atom stereocenters. The molecule has 0 aliphatic carbocycles. The summed E-state index contributed by atoms with van der Waals surface area (Å²) < 4.78 is 7.24. The van der Waals surface area contributed by atoms with Gasteiger partial charge in [0, 0.05) is 38.1 Å². The first-order valence-electron chi connectivity index (χ1n) is 9.84. The highest BCUT2D eigenvalue weighted by Gasteiger charge is 2.23. The van der Waals surface area contributed by atoms with E-state index in [2.05, 4.69) is 32.4 Å². The van der Waals surface area contributed by atoms with Gasteiger partial charge in [0.1, 0.15) is 11.6 Å². The summed E-state index contributed by atoms with van der Waals surface area (Å²) >= 11 is 0. The molecule has 1 saturated heterocycles. The summed E-state index contributed by atoms with van der Waals surface area (Å²) in [5, 5.41) is 7.47. The molecule has 1 aliphatic heterocycles. The van der Waals surface area contributed by atoms with Gasteiger partial charge in [0.25, 0.3) is 5.91 Å². The first-order valence-corrected chi connectivity index (χ1v) is 9.84. The molecule has 3 aromatic rings. The number of carbonyl (C=O) groups excluding carboxylic acids is 1. The van der Waals surface area contributed by atoms with Crippen LogP contribution in [0.1, 0.15) is 34.8 Å². The third kappa shape index (κ3) is 4.46. The van der Waals surface area contributed by atoms with Crippen LogP contribution in [0.5, 0.6) is 5.75 Å². The quantitative estimate of drug-likeness (QED) is 0.697. The van der Waals surface area contributed by atoms with Crippen LogP contribution in [0.25, 0.3) is 0 Å². The molecular weight excluding hydrogens is 366 g/mol. The van der Waals surface area contributed by atoms with Crippen LogP contribution >= 0.6 is 0 Å². The maximum Gasteiger partial charge on any atom is 0.260 e. The Morgan fingerprint density at radius 2 is 1.86 bits per heavy atom. The lowest BCUT2D eigenvalue weighted by atomic mass is 10.0. The van der Waals surface area contributed by atoms with Gasteiger partial charge in [-0.2, -0.15) is 5.10 Å². The number of benzene rings is 1. The van der Waals surface area contributed by atoms with Crippen molar-refractivity contribution in [1.29, 1.82) is 0 Å². The molecule has 150 valence electrons. The molecule has 1 aromatic carbocycles. The molecule has 1 aliphatic rings. The van der Waals surface area contributed by atoms with E-state index in [0.717, 1.165) is 32.5 Å². The number of piperidine rings is 1. The number of hydrogen-bond acceptors (Lipinski definition) is 5. The van der Waals surface area contributed by atoms with E-state index in [1.165, 1.54) is 5.56 Å². The fourth-order valence-corrected chi connectivity index (χ4v) is 3.79. The maximum absolute atomic E-state index is 12.7. The lowest BCUT2D eigenvalue weighted by molar-refractivity contribution is 0.102. The topological polar surface area (TPSA) is 72.3 Å². The van der Waals surface area contributed by atoms with Crippen LogP contribution in [-0.2, 0) is 6.54 Å². The Labute approximate surface area is 170 Å². The SMILES string of the molecule is COc1ccccc1C(=O)Nc1ccnn1C1CCN(Cc2ccncc2)CC1. The number of pyridine rings is 1. The molecule has 0 unspecified atom stereocenters. The van der Waals surface area contributed by atoms with Crippen LogP contribution in [0, 0.1) is 0 Å². The van der Waals surface area contributed by atoms with Gasteiger partial charge in [0.05, 0.1) is 24.9 Å². The van der Waals surface area contributed by atoms with Gasteiger partial charge in [-0.15, -0.1) is 0 Å². The summed E-state index contributed by atoms with van der Waals surface area (Å²) in [5.41, 5.74) is 1.79. The number of hydrogen-bond donors (Lipinski definition) is 1. The van der Waals surface area contributed by atoms with Gasteiger partial charge >= 0.3 is 0 Å². The Morgan fingerprint density at radius 1 is 1.10 bits per heavy atom. The number of nitrogens with one attached hydrogen (secondary N) is 1. The molecule has 4 rings (SSSR count). The summed E-state index contributed by atoms with van der Waals surface area (Å²) in [6, 6.07) is 13.4. The maximum atomic E-state index is 12.7. The number of carbonyl (C=O) groups is 1. The number of rotatable bonds is 6. The van der Waals surface area contributed by atoms with Crippen LogP contribution in [-0.4, -0.2) is 45.8 Å². The molecule has 3 heterocycles. The minimum atomic E-state index is -0.195. The van der Waals surface area contributed by atoms with E-state index in [-0.39, 0.29) is 11.9 Å². The van der Waals surface area contributed by atoms with Crippen LogP contribution in [0.3, 0.4) is 0 Å². The monoisotopic (exact) mass is 391 g/mol. The van der Waals surface area contributed by atoms with E-state index >= 15 is 0 Å². The largest absolute Gasteiger partial charge is 0.496 e. The normalized spacial score (nSPS) is 15.2. The van der Waals surface area contributed by atoms with Crippen LogP contribution < -0.4 is 10.1 Å². The third-order valence-corrected chi connectivity index (χ3v) is 5.32. The lowest BCUT2D eigenvalue weighted by Gasteiger charge is -2.32. The Bertz CT molecular complexity index is 949. The van der Waals surface area contributed by atoms with Gasteiger partial charge in [0.15, 0.2) is 0 Å². The van der Waals surface area contributed by atoms with E-state index in [9.17, 15) is 4.79 Å². The van der Waals surface area contributed by atoms with Gasteiger partial charge in [-0.3, -0.25) is 14.7 Å². The summed E-state index contributed by atoms with van der Waals surface area (Å²) in [6.07, 6.45) is 7.39. The molecule has 1 fully saturated rings. The Morgan fingerprint density at radius 3 is 2.62 bits per heavy atom. The molecule has 0 bridgehead atoms. The number of amides is 1. The fraction of sp³-hybridized carbons (Fsp3) is 0.318. The number of aromatic nitrogens is 3. The number of nitrogens with zero attached hydrogens (tertiary/aromatic N) is 4. The molecule has 7 heteroatoms. The molecule has 0 spiro atoms. The van der Waals surface area contributed by atoms with Gasteiger partial charge in [-0.05, 0) is 42.7 Å². The Balaban J connectivity index is 1.39. The lowest BCUT2D eigenvalue weighted by Crippen LogP contribution is -2.35. The highest BCUT2D eigenvalue weighted by Crippen LogP contribution is 2.27. The second kappa shape index (κ2) is 8.87. The van der Waals surface area contributed by atoms with Crippen molar-refractivity contribution < 1.29 is 9.53 Å². The van der Waals surface area contributed by atoms with E-state index in [4.69, 9.17) is 4.74 Å². The Kier molecular flexibility index (Phi) is 5.86. The van der Waals surface area contributed by atoms with E-state index < -0.39 is 0 Å². The highest BCUT2D eigenvalue weighted by molar-refractivity contribution is 6.05. The van der Waals surface area contributed by atoms with Crippen molar-refractivity contribution in [2.45, 2.75) is 25.4 Å². The number of para-hydroxylation sites is 1. The molecule has 29 heavy (non-hydrogen) atoms. The number of ether oxygens (including phenoxy) is 1. The molecule has 1 amide bonds. The van der Waals surface area contributed by atoms with Gasteiger partial charge in [-0.25, -0.2) is 4.68 Å². The van der Waals surface area contributed by atoms with Crippen molar-refractivity contribution >= 4 is 11.7 Å². The fourth-order valence-electron chi connectivity index (χ4n) is 3.79. The first-order chi connectivity index (χ1) is 14.2. The summed E-state index contributed by atoms with van der Waals surface area (Å²) in [5.74, 6) is 1.08. The smallest absolute Gasteiger partial charge is 0.260 e. The van der Waals surface area contributed by atoms with Crippen LogP contribution in [0.2, 0.25) is 0 Å². The molecule has 0 radical (unpaired) electrons. The third-order valence-electron chi connectivity index (χ3n) is 5.32. The zero-order valence-electron chi connectivity index (χ0n) is 16.5. The second-order valence-electron chi connectivity index (χ2n) is 7.18. The predicted molar refractivity (Wildman–Crippen MR) is 111 cm³/mol. The minimum absolute atomic E-state index is 0.195. The second-order valence-corrected chi connectivity index (χ2v) is 7.18. The minimum Gasteiger partial charge on any atom is -0.496 e. The predicted octanol–water partition coefficient (Wildman–Crippen LogP) is 3.38. The molecule has 2 aromatic heterocycles. The highest BCUT2D eigenvalue weighted by atomic mass is 16.5. The van der Waals surface area contributed by atoms with Crippen molar-refractivity contribution in [3.63, 3.8) is 0 Å². The summed E-state index contributed by atoms with van der Waals surface area (Å²) in [7, 11) is 1.57. The molecular formula is C22H25N5O2. The molecule has 1 N–H and O–H groups in total. The number of likely N-dealkylation sites (tertiary alicyclic amines) is 1. The summed E-state index contributed by atoms with van der Waals surface area (Å²) in [4.78, 5) is 19.3. The average Bonchev–Trinajstić information content (AvgIpc) is 3.23. The standard InChI is InChI=1S/C22H25N5O2/c1-29-20-5-3-2-4-19(20)22(28)25-21-8-13-24-27(21)18-9-14-26(15-10-18)16-17-6-11-23-12-7-17/h2-8,11-13,18H,9-10,14-16H2,1H3,(H,25,28).